The molecule has 184 valence electrons. The highest BCUT2D eigenvalue weighted by molar-refractivity contribution is 6.42. The Balaban J connectivity index is 1.72. The Morgan fingerprint density at radius 1 is 1.00 bits per heavy atom. The number of nitrogens with zero attached hydrogens (tertiary/aromatic N) is 1. The van der Waals surface area contributed by atoms with E-state index in [0.29, 0.717) is 29.4 Å². The van der Waals surface area contributed by atoms with Gasteiger partial charge in [-0.25, -0.2) is 0 Å². The minimum Gasteiger partial charge on any atom is -0.352 e. The fraction of sp³-hybridized carbons (Fsp3) is 0.500. The van der Waals surface area contributed by atoms with Crippen LogP contribution in [0.15, 0.2) is 42.5 Å². The summed E-state index contributed by atoms with van der Waals surface area (Å²) in [5.74, 6) is -0.158. The maximum Gasteiger partial charge on any atom is 0.242 e. The molecule has 0 aliphatic heterocycles. The molecule has 0 radical (unpaired) electrons. The summed E-state index contributed by atoms with van der Waals surface area (Å²) in [6.45, 7) is 8.66. The van der Waals surface area contributed by atoms with E-state index in [0.717, 1.165) is 36.8 Å². The minimum absolute atomic E-state index is 0.0555. The van der Waals surface area contributed by atoms with Crippen molar-refractivity contribution in [1.82, 2.24) is 10.2 Å². The van der Waals surface area contributed by atoms with Crippen LogP contribution in [0.25, 0.3) is 0 Å². The molecule has 1 aliphatic rings. The molecule has 6 heteroatoms. The van der Waals surface area contributed by atoms with Crippen molar-refractivity contribution in [3.8, 4) is 0 Å². The monoisotopic (exact) mass is 502 g/mol. The van der Waals surface area contributed by atoms with E-state index in [-0.39, 0.29) is 23.3 Å². The van der Waals surface area contributed by atoms with Crippen LogP contribution < -0.4 is 5.32 Å². The minimum atomic E-state index is -0.578. The lowest BCUT2D eigenvalue weighted by molar-refractivity contribution is -0.140. The van der Waals surface area contributed by atoms with Gasteiger partial charge in [0, 0.05) is 19.0 Å². The normalized spacial score (nSPS) is 15.2. The number of halogens is 2. The molecule has 2 aromatic rings. The van der Waals surface area contributed by atoms with Gasteiger partial charge in [-0.3, -0.25) is 9.59 Å². The van der Waals surface area contributed by atoms with Gasteiger partial charge < -0.3 is 10.2 Å². The van der Waals surface area contributed by atoms with Crippen LogP contribution in [0.4, 0.5) is 0 Å². The van der Waals surface area contributed by atoms with Crippen LogP contribution in [-0.2, 0) is 28.0 Å². The predicted octanol–water partition coefficient (Wildman–Crippen LogP) is 6.70. The molecule has 0 bridgehead atoms. The Morgan fingerprint density at radius 3 is 2.21 bits per heavy atom. The van der Waals surface area contributed by atoms with E-state index in [1.807, 2.05) is 6.07 Å². The van der Waals surface area contributed by atoms with Gasteiger partial charge in [0.15, 0.2) is 0 Å². The van der Waals surface area contributed by atoms with Crippen molar-refractivity contribution in [3.05, 3.63) is 69.2 Å². The number of benzene rings is 2. The highest BCUT2D eigenvalue weighted by Crippen LogP contribution is 2.25. The molecule has 0 aromatic heterocycles. The molecule has 1 fully saturated rings. The number of nitrogens with one attached hydrogen (secondary N) is 1. The van der Waals surface area contributed by atoms with E-state index in [9.17, 15) is 9.59 Å². The molecule has 0 heterocycles. The first-order chi connectivity index (χ1) is 16.0. The third kappa shape index (κ3) is 7.23. The quantitative estimate of drug-likeness (QED) is 0.436. The lowest BCUT2D eigenvalue weighted by Crippen LogP contribution is -2.49. The van der Waals surface area contributed by atoms with Gasteiger partial charge in [0.25, 0.3) is 0 Å². The molecule has 1 atom stereocenters. The van der Waals surface area contributed by atoms with Crippen molar-refractivity contribution in [1.29, 1.82) is 0 Å². The topological polar surface area (TPSA) is 49.4 Å². The van der Waals surface area contributed by atoms with Gasteiger partial charge in [-0.1, -0.05) is 87.1 Å². The van der Waals surface area contributed by atoms with Gasteiger partial charge >= 0.3 is 0 Å². The van der Waals surface area contributed by atoms with Gasteiger partial charge in [-0.05, 0) is 60.4 Å². The third-order valence-electron chi connectivity index (χ3n) is 6.65. The van der Waals surface area contributed by atoms with Gasteiger partial charge in [-0.2, -0.15) is 0 Å². The molecule has 2 amide bonds. The SMILES string of the molecule is C[C@H](C(=O)NC1CCCC1)N(Cc1ccc(Cl)c(Cl)c1)C(=O)CCc1ccc(C(C)(C)C)cc1. The molecule has 34 heavy (non-hydrogen) atoms. The second-order valence-corrected chi connectivity index (χ2v) is 11.2. The van der Waals surface area contributed by atoms with Crippen LogP contribution in [0.5, 0.6) is 0 Å². The average Bonchev–Trinajstić information content (AvgIpc) is 3.30. The Hall–Kier alpha value is -2.04. The second-order valence-electron chi connectivity index (χ2n) is 10.4. The van der Waals surface area contributed by atoms with Crippen molar-refractivity contribution in [2.75, 3.05) is 0 Å². The molecule has 4 nitrogen and oxygen atoms in total. The van der Waals surface area contributed by atoms with E-state index >= 15 is 0 Å². The third-order valence-corrected chi connectivity index (χ3v) is 7.39. The number of hydrogen-bond donors (Lipinski definition) is 1. The Kier molecular flexibility index (Phi) is 9.06. The summed E-state index contributed by atoms with van der Waals surface area (Å²) in [6, 6.07) is 13.4. The fourth-order valence-corrected chi connectivity index (χ4v) is 4.70. The molecule has 2 aromatic carbocycles. The highest BCUT2D eigenvalue weighted by Gasteiger charge is 2.28. The zero-order valence-corrected chi connectivity index (χ0v) is 22.2. The van der Waals surface area contributed by atoms with Crippen LogP contribution in [0.1, 0.15) is 76.5 Å². The summed E-state index contributed by atoms with van der Waals surface area (Å²) in [5.41, 5.74) is 3.31. The first-order valence-corrected chi connectivity index (χ1v) is 12.9. The lowest BCUT2D eigenvalue weighted by Gasteiger charge is -2.30. The summed E-state index contributed by atoms with van der Waals surface area (Å²) in [7, 11) is 0. The zero-order chi connectivity index (χ0) is 24.9. The summed E-state index contributed by atoms with van der Waals surface area (Å²) in [5, 5.41) is 4.04. The van der Waals surface area contributed by atoms with Crippen LogP contribution in [0.2, 0.25) is 10.0 Å². The summed E-state index contributed by atoms with van der Waals surface area (Å²) in [4.78, 5) is 28.0. The van der Waals surface area contributed by atoms with Gasteiger partial charge in [0.2, 0.25) is 11.8 Å². The summed E-state index contributed by atoms with van der Waals surface area (Å²) in [6.07, 6.45) is 5.24. The number of carbonyl (C=O) groups is 2. The first-order valence-electron chi connectivity index (χ1n) is 12.2. The fourth-order valence-electron chi connectivity index (χ4n) is 4.38. The van der Waals surface area contributed by atoms with Crippen LogP contribution >= 0.6 is 23.2 Å². The van der Waals surface area contributed by atoms with Crippen molar-refractivity contribution >= 4 is 35.0 Å². The summed E-state index contributed by atoms with van der Waals surface area (Å²) >= 11 is 12.3. The second kappa shape index (κ2) is 11.6. The van der Waals surface area contributed by atoms with Crippen molar-refractivity contribution in [2.24, 2.45) is 0 Å². The van der Waals surface area contributed by atoms with Crippen molar-refractivity contribution in [2.45, 2.75) is 90.3 Å². The van der Waals surface area contributed by atoms with E-state index < -0.39 is 6.04 Å². The largest absolute Gasteiger partial charge is 0.352 e. The molecular formula is C28H36Cl2N2O2. The molecule has 3 rings (SSSR count). The maximum absolute atomic E-state index is 13.4. The molecule has 0 spiro atoms. The molecule has 0 unspecified atom stereocenters. The zero-order valence-electron chi connectivity index (χ0n) is 20.7. The summed E-state index contributed by atoms with van der Waals surface area (Å²) < 4.78 is 0. The maximum atomic E-state index is 13.4. The molecule has 1 saturated carbocycles. The number of aryl methyl sites for hydroxylation is 1. The lowest BCUT2D eigenvalue weighted by atomic mass is 9.86. The molecular weight excluding hydrogens is 467 g/mol. The van der Waals surface area contributed by atoms with Crippen molar-refractivity contribution < 1.29 is 9.59 Å². The molecule has 1 N–H and O–H groups in total. The van der Waals surface area contributed by atoms with Crippen LogP contribution in [-0.4, -0.2) is 28.8 Å². The van der Waals surface area contributed by atoms with E-state index in [1.165, 1.54) is 5.56 Å². The Morgan fingerprint density at radius 2 is 1.62 bits per heavy atom. The Bertz CT molecular complexity index is 992. The van der Waals surface area contributed by atoms with Gasteiger partial charge in [0.05, 0.1) is 10.0 Å². The first kappa shape index (κ1) is 26.6. The predicted molar refractivity (Wildman–Crippen MR) is 140 cm³/mol. The smallest absolute Gasteiger partial charge is 0.242 e. The molecule has 0 saturated heterocycles. The number of hydrogen-bond acceptors (Lipinski definition) is 2. The van der Waals surface area contributed by atoms with Gasteiger partial charge in [0.1, 0.15) is 6.04 Å². The average molecular weight is 504 g/mol. The van der Waals surface area contributed by atoms with Gasteiger partial charge in [-0.15, -0.1) is 0 Å². The van der Waals surface area contributed by atoms with E-state index in [1.54, 1.807) is 24.0 Å². The molecule has 1 aliphatic carbocycles. The van der Waals surface area contributed by atoms with Crippen LogP contribution in [0.3, 0.4) is 0 Å². The van der Waals surface area contributed by atoms with Crippen LogP contribution in [0, 0.1) is 0 Å². The van der Waals surface area contributed by atoms with E-state index in [2.05, 4.69) is 50.4 Å². The highest BCUT2D eigenvalue weighted by atomic mass is 35.5. The number of carbonyl (C=O) groups excluding carboxylic acids is 2. The Labute approximate surface area is 214 Å². The van der Waals surface area contributed by atoms with Crippen molar-refractivity contribution in [3.63, 3.8) is 0 Å². The van der Waals surface area contributed by atoms with E-state index in [4.69, 9.17) is 23.2 Å². The standard InChI is InChI=1S/C28H36Cl2N2O2/c1-19(27(34)31-23-7-5-6-8-23)32(18-21-11-15-24(29)25(30)17-21)26(33)16-12-20-9-13-22(14-10-20)28(2,3)4/h9-11,13-15,17,19,23H,5-8,12,16,18H2,1-4H3,(H,31,34)/t19-/m1/s1. The number of amides is 2. The number of rotatable bonds is 8.